The zero-order chi connectivity index (χ0) is 20.2. The molecule has 0 spiro atoms. The van der Waals surface area contributed by atoms with E-state index in [0.29, 0.717) is 6.07 Å². The Morgan fingerprint density at radius 1 is 1.15 bits per heavy atom. The number of carbonyl (C=O) groups excluding carboxylic acids is 1. The summed E-state index contributed by atoms with van der Waals surface area (Å²) in [4.78, 5) is 12.0. The number of nitrogens with zero attached hydrogens (tertiary/aromatic N) is 2. The van der Waals surface area contributed by atoms with E-state index in [1.54, 1.807) is 12.1 Å². The number of hydrogen-bond donors (Lipinski definition) is 1. The molecule has 0 fully saturated rings. The van der Waals surface area contributed by atoms with Gasteiger partial charge in [0.25, 0.3) is 5.91 Å². The first-order valence-electron chi connectivity index (χ1n) is 7.93. The van der Waals surface area contributed by atoms with Gasteiger partial charge in [0.2, 0.25) is 10.0 Å². The molecule has 0 radical (unpaired) electrons. The molecule has 0 unspecified atom stereocenters. The van der Waals surface area contributed by atoms with Crippen molar-refractivity contribution in [3.8, 4) is 0 Å². The minimum absolute atomic E-state index is 0.0253. The summed E-state index contributed by atoms with van der Waals surface area (Å²) in [7, 11) is -2.56. The SMILES string of the molecule is C/C(=N/NC(=O)CN(C)S(=O)(=O)c1ccc(C)cc1)c1ccc(F)cc1F. The Morgan fingerprint density at radius 3 is 2.37 bits per heavy atom. The summed E-state index contributed by atoms with van der Waals surface area (Å²) >= 11 is 0. The van der Waals surface area contributed by atoms with Gasteiger partial charge in [-0.25, -0.2) is 22.6 Å². The topological polar surface area (TPSA) is 78.8 Å². The van der Waals surface area contributed by atoms with Crippen LogP contribution in [0.5, 0.6) is 0 Å². The van der Waals surface area contributed by atoms with Gasteiger partial charge >= 0.3 is 0 Å². The minimum Gasteiger partial charge on any atom is -0.272 e. The van der Waals surface area contributed by atoms with Crippen molar-refractivity contribution < 1.29 is 22.0 Å². The normalized spacial score (nSPS) is 12.3. The van der Waals surface area contributed by atoms with E-state index < -0.39 is 34.1 Å². The highest BCUT2D eigenvalue weighted by atomic mass is 32.2. The molecule has 0 aromatic heterocycles. The van der Waals surface area contributed by atoms with Crippen molar-refractivity contribution in [2.75, 3.05) is 13.6 Å². The molecule has 2 aromatic rings. The van der Waals surface area contributed by atoms with E-state index in [4.69, 9.17) is 0 Å². The quantitative estimate of drug-likeness (QED) is 0.603. The van der Waals surface area contributed by atoms with Gasteiger partial charge in [-0.05, 0) is 38.1 Å². The van der Waals surface area contributed by atoms with Gasteiger partial charge in [-0.2, -0.15) is 9.41 Å². The van der Waals surface area contributed by atoms with E-state index >= 15 is 0 Å². The third-order valence-corrected chi connectivity index (χ3v) is 5.58. The number of carbonyl (C=O) groups is 1. The van der Waals surface area contributed by atoms with Gasteiger partial charge in [-0.3, -0.25) is 4.79 Å². The van der Waals surface area contributed by atoms with Crippen LogP contribution < -0.4 is 5.43 Å². The maximum Gasteiger partial charge on any atom is 0.255 e. The molecule has 27 heavy (non-hydrogen) atoms. The predicted octanol–water partition coefficient (Wildman–Crippen LogP) is 2.43. The van der Waals surface area contributed by atoms with Crippen LogP contribution in [0.25, 0.3) is 0 Å². The van der Waals surface area contributed by atoms with E-state index in [1.807, 2.05) is 6.92 Å². The number of likely N-dealkylation sites (N-methyl/N-ethyl adjacent to an activating group) is 1. The van der Waals surface area contributed by atoms with Gasteiger partial charge in [0.05, 0.1) is 17.2 Å². The summed E-state index contributed by atoms with van der Waals surface area (Å²) in [5, 5.41) is 3.74. The number of sulfonamides is 1. The van der Waals surface area contributed by atoms with E-state index in [9.17, 15) is 22.0 Å². The largest absolute Gasteiger partial charge is 0.272 e. The molecule has 2 rings (SSSR count). The Hall–Kier alpha value is -2.65. The fourth-order valence-electron chi connectivity index (χ4n) is 2.20. The number of aryl methyl sites for hydroxylation is 1. The fourth-order valence-corrected chi connectivity index (χ4v) is 3.33. The average molecular weight is 395 g/mol. The molecule has 0 bridgehead atoms. The van der Waals surface area contributed by atoms with Crippen LogP contribution in [0.3, 0.4) is 0 Å². The molecule has 6 nitrogen and oxygen atoms in total. The first-order valence-corrected chi connectivity index (χ1v) is 9.37. The Labute approximate surface area is 156 Å². The third-order valence-electron chi connectivity index (χ3n) is 3.76. The average Bonchev–Trinajstić information content (AvgIpc) is 2.60. The lowest BCUT2D eigenvalue weighted by molar-refractivity contribution is -0.121. The number of nitrogens with one attached hydrogen (secondary N) is 1. The molecular weight excluding hydrogens is 376 g/mol. The summed E-state index contributed by atoms with van der Waals surface area (Å²) in [6.45, 7) is 2.79. The molecule has 0 saturated carbocycles. The van der Waals surface area contributed by atoms with Gasteiger partial charge in [0.15, 0.2) is 0 Å². The van der Waals surface area contributed by atoms with Crippen LogP contribution in [0.2, 0.25) is 0 Å². The van der Waals surface area contributed by atoms with Crippen molar-refractivity contribution >= 4 is 21.6 Å². The second kappa shape index (κ2) is 8.36. The number of hydrazone groups is 1. The maximum atomic E-state index is 13.7. The summed E-state index contributed by atoms with van der Waals surface area (Å²) in [5.41, 5.74) is 3.22. The maximum absolute atomic E-state index is 13.7. The number of rotatable bonds is 6. The van der Waals surface area contributed by atoms with Crippen molar-refractivity contribution in [1.29, 1.82) is 0 Å². The first kappa shape index (κ1) is 20.7. The lowest BCUT2D eigenvalue weighted by atomic mass is 10.1. The number of hydrogen-bond acceptors (Lipinski definition) is 4. The smallest absolute Gasteiger partial charge is 0.255 e. The van der Waals surface area contributed by atoms with Gasteiger partial charge in [0, 0.05) is 18.7 Å². The van der Waals surface area contributed by atoms with Crippen molar-refractivity contribution in [3.05, 3.63) is 65.2 Å². The van der Waals surface area contributed by atoms with Crippen LogP contribution >= 0.6 is 0 Å². The Kier molecular flexibility index (Phi) is 6.40. The van der Waals surface area contributed by atoms with Gasteiger partial charge in [0.1, 0.15) is 11.6 Å². The third kappa shape index (κ3) is 5.18. The van der Waals surface area contributed by atoms with Gasteiger partial charge in [-0.15, -0.1) is 0 Å². The molecule has 0 heterocycles. The van der Waals surface area contributed by atoms with Gasteiger partial charge in [-0.1, -0.05) is 17.7 Å². The monoisotopic (exact) mass is 395 g/mol. The van der Waals surface area contributed by atoms with Crippen molar-refractivity contribution in [3.63, 3.8) is 0 Å². The minimum atomic E-state index is -3.83. The predicted molar refractivity (Wildman–Crippen MR) is 97.7 cm³/mol. The van der Waals surface area contributed by atoms with Crippen LogP contribution in [0, 0.1) is 18.6 Å². The van der Waals surface area contributed by atoms with Crippen LogP contribution in [-0.2, 0) is 14.8 Å². The van der Waals surface area contributed by atoms with E-state index in [2.05, 4.69) is 10.5 Å². The van der Waals surface area contributed by atoms with E-state index in [1.165, 1.54) is 32.2 Å². The second-order valence-electron chi connectivity index (χ2n) is 5.93. The van der Waals surface area contributed by atoms with Crippen molar-refractivity contribution in [1.82, 2.24) is 9.73 Å². The zero-order valence-corrected chi connectivity index (χ0v) is 15.8. The molecule has 0 saturated heterocycles. The summed E-state index contributed by atoms with van der Waals surface area (Å²) in [5.74, 6) is -2.24. The van der Waals surface area contributed by atoms with E-state index in [-0.39, 0.29) is 16.2 Å². The van der Waals surface area contributed by atoms with Crippen LogP contribution in [0.4, 0.5) is 8.78 Å². The number of amides is 1. The summed E-state index contributed by atoms with van der Waals surface area (Å²) < 4.78 is 52.4. The lowest BCUT2D eigenvalue weighted by Gasteiger charge is -2.16. The molecule has 0 atom stereocenters. The molecule has 2 aromatic carbocycles. The first-order chi connectivity index (χ1) is 12.6. The molecule has 0 aliphatic rings. The molecule has 0 aliphatic heterocycles. The van der Waals surface area contributed by atoms with E-state index in [0.717, 1.165) is 15.9 Å². The number of benzene rings is 2. The summed E-state index contributed by atoms with van der Waals surface area (Å²) in [6, 6.07) is 9.21. The highest BCUT2D eigenvalue weighted by Crippen LogP contribution is 2.15. The Bertz CT molecular complexity index is 974. The Balaban J connectivity index is 2.05. The lowest BCUT2D eigenvalue weighted by Crippen LogP contribution is -2.37. The second-order valence-corrected chi connectivity index (χ2v) is 7.98. The van der Waals surface area contributed by atoms with Gasteiger partial charge < -0.3 is 0 Å². The van der Waals surface area contributed by atoms with Crippen LogP contribution in [0.15, 0.2) is 52.5 Å². The molecule has 1 amide bonds. The van der Waals surface area contributed by atoms with Crippen LogP contribution in [-0.4, -0.2) is 37.9 Å². The zero-order valence-electron chi connectivity index (χ0n) is 15.0. The fraction of sp³-hybridized carbons (Fsp3) is 0.222. The Morgan fingerprint density at radius 2 is 1.78 bits per heavy atom. The summed E-state index contributed by atoms with van der Waals surface area (Å²) in [6.07, 6.45) is 0. The molecular formula is C18H19F2N3O3S. The highest BCUT2D eigenvalue weighted by molar-refractivity contribution is 7.89. The molecule has 9 heteroatoms. The van der Waals surface area contributed by atoms with Crippen molar-refractivity contribution in [2.24, 2.45) is 5.10 Å². The standard InChI is InChI=1S/C18H19F2N3O3S/c1-12-4-7-15(8-5-12)27(25,26)23(3)11-18(24)22-21-13(2)16-9-6-14(19)10-17(16)20/h4-10H,11H2,1-3H3,(H,22,24)/b21-13-. The van der Waals surface area contributed by atoms with Crippen molar-refractivity contribution in [2.45, 2.75) is 18.7 Å². The number of halogens is 2. The highest BCUT2D eigenvalue weighted by Gasteiger charge is 2.22. The van der Waals surface area contributed by atoms with Crippen LogP contribution in [0.1, 0.15) is 18.1 Å². The molecule has 0 aliphatic carbocycles. The molecule has 144 valence electrons. The molecule has 1 N–H and O–H groups in total.